The van der Waals surface area contributed by atoms with Crippen LogP contribution in [0.2, 0.25) is 5.02 Å². The number of nitrogens with one attached hydrogen (secondary N) is 1. The van der Waals surface area contributed by atoms with Gasteiger partial charge in [0.25, 0.3) is 5.91 Å². The molecular weight excluding hydrogens is 418 g/mol. The molecule has 0 atom stereocenters. The molecule has 0 spiro atoms. The van der Waals surface area contributed by atoms with Gasteiger partial charge in [0.05, 0.1) is 11.4 Å². The maximum atomic E-state index is 13.0. The minimum atomic E-state index is -0.291. The molecule has 0 aliphatic rings. The Balaban J connectivity index is 1.61. The molecule has 0 bridgehead atoms. The van der Waals surface area contributed by atoms with Gasteiger partial charge in [-0.05, 0) is 65.7 Å². The van der Waals surface area contributed by atoms with Crippen LogP contribution in [-0.2, 0) is 0 Å². The fourth-order valence-corrected chi connectivity index (χ4v) is 3.95. The molecule has 1 amide bonds. The third-order valence-corrected chi connectivity index (χ3v) is 5.55. The largest absolute Gasteiger partial charge is 0.321 e. The van der Waals surface area contributed by atoms with Gasteiger partial charge in [-0.25, -0.2) is 4.68 Å². The highest BCUT2D eigenvalue weighted by Crippen LogP contribution is 2.28. The zero-order chi connectivity index (χ0) is 22.1. The quantitative estimate of drug-likeness (QED) is 0.332. The van der Waals surface area contributed by atoms with Crippen LogP contribution in [0.1, 0.15) is 16.1 Å². The fourth-order valence-electron chi connectivity index (χ4n) is 3.76. The molecule has 0 saturated heterocycles. The minimum absolute atomic E-state index is 0.291. The number of amides is 1. The van der Waals surface area contributed by atoms with E-state index >= 15 is 0 Å². The van der Waals surface area contributed by atoms with Gasteiger partial charge in [-0.2, -0.15) is 5.10 Å². The number of aromatic nitrogens is 2. The van der Waals surface area contributed by atoms with Gasteiger partial charge < -0.3 is 5.32 Å². The second-order valence-electron chi connectivity index (χ2n) is 7.69. The Morgan fingerprint density at radius 2 is 1.66 bits per heavy atom. The lowest BCUT2D eigenvalue weighted by atomic mass is 10.0. The molecule has 5 aromatic rings. The summed E-state index contributed by atoms with van der Waals surface area (Å²) in [6.07, 6.45) is 0. The molecule has 1 N–H and O–H groups in total. The van der Waals surface area contributed by atoms with Crippen molar-refractivity contribution in [2.24, 2.45) is 0 Å². The second-order valence-corrected chi connectivity index (χ2v) is 8.13. The number of hydrogen-bond acceptors (Lipinski definition) is 2. The molecule has 1 aromatic heterocycles. The highest BCUT2D eigenvalue weighted by atomic mass is 35.5. The normalized spacial score (nSPS) is 10.9. The first-order valence-electron chi connectivity index (χ1n) is 10.3. The molecule has 1 heterocycles. The first-order chi connectivity index (χ1) is 15.6. The molecule has 5 rings (SSSR count). The van der Waals surface area contributed by atoms with E-state index in [1.165, 1.54) is 0 Å². The second kappa shape index (κ2) is 8.33. The summed E-state index contributed by atoms with van der Waals surface area (Å²) in [7, 11) is 0. The van der Waals surface area contributed by atoms with Crippen LogP contribution >= 0.6 is 11.6 Å². The number of carbonyl (C=O) groups is 1. The molecule has 4 nitrogen and oxygen atoms in total. The summed E-state index contributed by atoms with van der Waals surface area (Å²) in [5.41, 5.74) is 4.80. The monoisotopic (exact) mass is 437 g/mol. The minimum Gasteiger partial charge on any atom is -0.321 e. The van der Waals surface area contributed by atoms with Crippen LogP contribution in [0.15, 0.2) is 97.1 Å². The number of fused-ring (bicyclic) bond motifs is 1. The van der Waals surface area contributed by atoms with E-state index in [1.807, 2.05) is 48.0 Å². The molecule has 5 heteroatoms. The smallest absolute Gasteiger partial charge is 0.276 e. The van der Waals surface area contributed by atoms with Crippen molar-refractivity contribution in [1.82, 2.24) is 9.78 Å². The van der Waals surface area contributed by atoms with Crippen LogP contribution < -0.4 is 5.32 Å². The SMILES string of the molecule is Cc1cccc(-n2nc(C(=O)Nc3cccc(Cl)c3)cc2-c2ccc3ccccc3c2)c1. The Bertz CT molecular complexity index is 1450. The average molecular weight is 438 g/mol. The van der Waals surface area contributed by atoms with Crippen molar-refractivity contribution in [3.8, 4) is 16.9 Å². The summed E-state index contributed by atoms with van der Waals surface area (Å²) in [5.74, 6) is -0.291. The van der Waals surface area contributed by atoms with Gasteiger partial charge in [0.1, 0.15) is 0 Å². The standard InChI is InChI=1S/C27H20ClN3O/c1-18-6-4-11-24(14-18)31-26(21-13-12-19-7-2-3-8-20(19)15-21)17-25(30-31)27(32)29-23-10-5-9-22(28)16-23/h2-17H,1H3,(H,29,32). The van der Waals surface area contributed by atoms with Crippen molar-refractivity contribution in [2.45, 2.75) is 6.92 Å². The van der Waals surface area contributed by atoms with Crippen LogP contribution in [0.4, 0.5) is 5.69 Å². The Morgan fingerprint density at radius 1 is 0.844 bits per heavy atom. The third-order valence-electron chi connectivity index (χ3n) is 5.32. The van der Waals surface area contributed by atoms with Crippen LogP contribution in [0.5, 0.6) is 0 Å². The van der Waals surface area contributed by atoms with Gasteiger partial charge in [0, 0.05) is 16.3 Å². The highest BCUT2D eigenvalue weighted by Gasteiger charge is 2.17. The zero-order valence-corrected chi connectivity index (χ0v) is 18.2. The van der Waals surface area contributed by atoms with E-state index in [4.69, 9.17) is 11.6 Å². The van der Waals surface area contributed by atoms with Crippen molar-refractivity contribution >= 4 is 34.0 Å². The molecule has 32 heavy (non-hydrogen) atoms. The first kappa shape index (κ1) is 20.0. The van der Waals surface area contributed by atoms with E-state index in [0.717, 1.165) is 33.3 Å². The van der Waals surface area contributed by atoms with E-state index < -0.39 is 0 Å². The molecule has 0 saturated carbocycles. The Hall–Kier alpha value is -3.89. The molecule has 0 unspecified atom stereocenters. The molecule has 0 radical (unpaired) electrons. The number of rotatable bonds is 4. The van der Waals surface area contributed by atoms with Crippen molar-refractivity contribution < 1.29 is 4.79 Å². The van der Waals surface area contributed by atoms with Crippen LogP contribution in [-0.4, -0.2) is 15.7 Å². The number of aryl methyl sites for hydroxylation is 1. The zero-order valence-electron chi connectivity index (χ0n) is 17.4. The predicted octanol–water partition coefficient (Wildman–Crippen LogP) is 6.91. The number of carbonyl (C=O) groups excluding carboxylic acids is 1. The Morgan fingerprint density at radius 3 is 2.47 bits per heavy atom. The lowest BCUT2D eigenvalue weighted by Gasteiger charge is -2.09. The number of nitrogens with zero attached hydrogens (tertiary/aromatic N) is 2. The van der Waals surface area contributed by atoms with Crippen LogP contribution in [0, 0.1) is 6.92 Å². The molecule has 0 aliphatic heterocycles. The summed E-state index contributed by atoms with van der Waals surface area (Å²) in [6.45, 7) is 2.04. The van der Waals surface area contributed by atoms with Crippen LogP contribution in [0.25, 0.3) is 27.7 Å². The maximum Gasteiger partial charge on any atom is 0.276 e. The summed E-state index contributed by atoms with van der Waals surface area (Å²) < 4.78 is 1.82. The third kappa shape index (κ3) is 4.01. The summed E-state index contributed by atoms with van der Waals surface area (Å²) >= 11 is 6.06. The number of benzene rings is 4. The van der Waals surface area contributed by atoms with Crippen molar-refractivity contribution in [3.05, 3.63) is 113 Å². The fraction of sp³-hybridized carbons (Fsp3) is 0.0370. The van der Waals surface area contributed by atoms with E-state index in [9.17, 15) is 4.79 Å². The molecule has 0 aliphatic carbocycles. The average Bonchev–Trinajstić information content (AvgIpc) is 3.25. The Labute approximate surface area is 191 Å². The summed E-state index contributed by atoms with van der Waals surface area (Å²) in [4.78, 5) is 13.0. The molecular formula is C27H20ClN3O. The van der Waals surface area contributed by atoms with Gasteiger partial charge in [-0.15, -0.1) is 0 Å². The van der Waals surface area contributed by atoms with Crippen molar-refractivity contribution in [3.63, 3.8) is 0 Å². The maximum absolute atomic E-state index is 13.0. The van der Waals surface area contributed by atoms with Gasteiger partial charge in [-0.3, -0.25) is 4.79 Å². The van der Waals surface area contributed by atoms with Crippen molar-refractivity contribution in [1.29, 1.82) is 0 Å². The highest BCUT2D eigenvalue weighted by molar-refractivity contribution is 6.31. The van der Waals surface area contributed by atoms with E-state index in [-0.39, 0.29) is 5.91 Å². The van der Waals surface area contributed by atoms with E-state index in [0.29, 0.717) is 16.4 Å². The predicted molar refractivity (Wildman–Crippen MR) is 131 cm³/mol. The first-order valence-corrected chi connectivity index (χ1v) is 10.7. The van der Waals surface area contributed by atoms with Gasteiger partial charge in [0.15, 0.2) is 5.69 Å². The molecule has 156 valence electrons. The summed E-state index contributed by atoms with van der Waals surface area (Å²) in [6, 6.07) is 31.4. The summed E-state index contributed by atoms with van der Waals surface area (Å²) in [5, 5.41) is 10.4. The Kier molecular flexibility index (Phi) is 5.21. The number of halogens is 1. The number of anilines is 1. The molecule has 4 aromatic carbocycles. The van der Waals surface area contributed by atoms with Gasteiger partial charge in [-0.1, -0.05) is 66.2 Å². The van der Waals surface area contributed by atoms with Gasteiger partial charge >= 0.3 is 0 Å². The molecule has 0 fully saturated rings. The lowest BCUT2D eigenvalue weighted by molar-refractivity contribution is 0.102. The lowest BCUT2D eigenvalue weighted by Crippen LogP contribution is -2.13. The topological polar surface area (TPSA) is 46.9 Å². The number of hydrogen-bond donors (Lipinski definition) is 1. The van der Waals surface area contributed by atoms with E-state index in [1.54, 1.807) is 24.3 Å². The van der Waals surface area contributed by atoms with E-state index in [2.05, 4.69) is 46.8 Å². The van der Waals surface area contributed by atoms with Gasteiger partial charge in [0.2, 0.25) is 0 Å². The van der Waals surface area contributed by atoms with Crippen LogP contribution in [0.3, 0.4) is 0 Å². The van der Waals surface area contributed by atoms with Crippen molar-refractivity contribution in [2.75, 3.05) is 5.32 Å².